The summed E-state index contributed by atoms with van der Waals surface area (Å²) < 4.78 is 0. The van der Waals surface area contributed by atoms with Crippen molar-refractivity contribution in [2.75, 3.05) is 0 Å². The molecule has 6 heteroatoms. The van der Waals surface area contributed by atoms with Crippen molar-refractivity contribution in [2.24, 2.45) is 5.73 Å². The van der Waals surface area contributed by atoms with Gasteiger partial charge in [0.25, 0.3) is 0 Å². The highest BCUT2D eigenvalue weighted by molar-refractivity contribution is 8.00. The second-order valence-corrected chi connectivity index (χ2v) is 4.62. The van der Waals surface area contributed by atoms with Crippen molar-refractivity contribution in [1.29, 1.82) is 0 Å². The van der Waals surface area contributed by atoms with Crippen LogP contribution in [0.3, 0.4) is 0 Å². The van der Waals surface area contributed by atoms with E-state index in [-0.39, 0.29) is 0 Å². The highest BCUT2D eigenvalue weighted by Gasteiger charge is 2.22. The second-order valence-electron chi connectivity index (χ2n) is 3.45. The van der Waals surface area contributed by atoms with Gasteiger partial charge in [0.05, 0.1) is 6.04 Å². The van der Waals surface area contributed by atoms with Crippen molar-refractivity contribution in [2.45, 2.75) is 23.2 Å². The highest BCUT2D eigenvalue weighted by Crippen LogP contribution is 2.21. The van der Waals surface area contributed by atoms with Crippen molar-refractivity contribution in [1.82, 2.24) is 5.32 Å². The molecule has 1 aromatic rings. The highest BCUT2D eigenvalue weighted by atomic mass is 32.2. The fraction of sp³-hybridized carbons (Fsp3) is 0.273. The van der Waals surface area contributed by atoms with Crippen LogP contribution in [0.4, 0.5) is 0 Å². The fourth-order valence-corrected chi connectivity index (χ4v) is 1.90. The zero-order chi connectivity index (χ0) is 12.8. The van der Waals surface area contributed by atoms with E-state index >= 15 is 0 Å². The lowest BCUT2D eigenvalue weighted by Gasteiger charge is -2.15. The molecular formula is C11H14N2O3S. The standard InChI is InChI=1S/C11H14N2O3S/c1-7(12)9(14)13-10(11(15)16)17-8-5-3-2-4-6-8/h2-7,10H,12H2,1H3,(H,13,14)(H,15,16)/t7-,10-/m0/s1. The van der Waals surface area contributed by atoms with Gasteiger partial charge in [-0.3, -0.25) is 4.79 Å². The summed E-state index contributed by atoms with van der Waals surface area (Å²) in [6.07, 6.45) is 0. The number of thioether (sulfide) groups is 1. The fourth-order valence-electron chi connectivity index (χ4n) is 1.04. The number of rotatable bonds is 5. The summed E-state index contributed by atoms with van der Waals surface area (Å²) in [5, 5.41) is 10.3. The first kappa shape index (κ1) is 13.5. The van der Waals surface area contributed by atoms with E-state index in [0.29, 0.717) is 0 Å². The van der Waals surface area contributed by atoms with Gasteiger partial charge in [-0.2, -0.15) is 0 Å². The van der Waals surface area contributed by atoms with Crippen LogP contribution in [0.1, 0.15) is 6.92 Å². The quantitative estimate of drug-likeness (QED) is 0.530. The lowest BCUT2D eigenvalue weighted by Crippen LogP contribution is -2.45. The number of carbonyl (C=O) groups is 2. The molecule has 0 heterocycles. The van der Waals surface area contributed by atoms with Crippen molar-refractivity contribution in [3.63, 3.8) is 0 Å². The van der Waals surface area contributed by atoms with E-state index in [4.69, 9.17) is 10.8 Å². The smallest absolute Gasteiger partial charge is 0.337 e. The first-order chi connectivity index (χ1) is 8.00. The first-order valence-electron chi connectivity index (χ1n) is 5.01. The molecule has 0 aromatic heterocycles. The number of aliphatic carboxylic acids is 1. The summed E-state index contributed by atoms with van der Waals surface area (Å²) >= 11 is 1.06. The van der Waals surface area contributed by atoms with Crippen molar-refractivity contribution in [3.8, 4) is 0 Å². The van der Waals surface area contributed by atoms with Gasteiger partial charge in [0.2, 0.25) is 5.91 Å². The maximum atomic E-state index is 11.3. The van der Waals surface area contributed by atoms with Gasteiger partial charge in [-0.1, -0.05) is 30.0 Å². The molecule has 1 aromatic carbocycles. The number of nitrogens with two attached hydrogens (primary N) is 1. The van der Waals surface area contributed by atoms with Crippen LogP contribution < -0.4 is 11.1 Å². The molecule has 0 bridgehead atoms. The number of carboxylic acid groups (broad SMARTS) is 1. The van der Waals surface area contributed by atoms with Gasteiger partial charge in [-0.25, -0.2) is 4.79 Å². The molecule has 0 unspecified atom stereocenters. The molecule has 0 radical (unpaired) electrons. The van der Waals surface area contributed by atoms with E-state index in [1.807, 2.05) is 6.07 Å². The summed E-state index contributed by atoms with van der Waals surface area (Å²) in [4.78, 5) is 23.1. The molecule has 0 spiro atoms. The van der Waals surface area contributed by atoms with Crippen LogP contribution >= 0.6 is 11.8 Å². The van der Waals surface area contributed by atoms with Gasteiger partial charge in [-0.05, 0) is 19.1 Å². The Morgan fingerprint density at radius 2 is 1.94 bits per heavy atom. The number of amides is 1. The Morgan fingerprint density at radius 1 is 1.35 bits per heavy atom. The van der Waals surface area contributed by atoms with E-state index in [1.54, 1.807) is 24.3 Å². The Hall–Kier alpha value is -1.53. The summed E-state index contributed by atoms with van der Waals surface area (Å²) in [7, 11) is 0. The molecule has 17 heavy (non-hydrogen) atoms. The minimum Gasteiger partial charge on any atom is -0.479 e. The largest absolute Gasteiger partial charge is 0.479 e. The lowest BCUT2D eigenvalue weighted by atomic mass is 10.3. The summed E-state index contributed by atoms with van der Waals surface area (Å²) in [6.45, 7) is 1.50. The van der Waals surface area contributed by atoms with Gasteiger partial charge >= 0.3 is 5.97 Å². The topological polar surface area (TPSA) is 92.4 Å². The van der Waals surface area contributed by atoms with Crippen molar-refractivity contribution >= 4 is 23.6 Å². The zero-order valence-corrected chi connectivity index (χ0v) is 10.1. The SMILES string of the molecule is C[C@H](N)C(=O)N[C@@H](Sc1ccccc1)C(=O)O. The third-order valence-electron chi connectivity index (χ3n) is 1.91. The predicted octanol–water partition coefficient (Wildman–Crippen LogP) is 0.653. The van der Waals surface area contributed by atoms with Crippen LogP contribution in [-0.4, -0.2) is 28.4 Å². The Morgan fingerprint density at radius 3 is 2.41 bits per heavy atom. The maximum Gasteiger partial charge on any atom is 0.337 e. The molecule has 92 valence electrons. The van der Waals surface area contributed by atoms with E-state index in [9.17, 15) is 9.59 Å². The summed E-state index contributed by atoms with van der Waals surface area (Å²) in [5.41, 5.74) is 5.36. The van der Waals surface area contributed by atoms with Crippen LogP contribution in [0.15, 0.2) is 35.2 Å². The van der Waals surface area contributed by atoms with E-state index in [2.05, 4.69) is 5.32 Å². The molecule has 1 amide bonds. The molecule has 4 N–H and O–H groups in total. The molecular weight excluding hydrogens is 240 g/mol. The third-order valence-corrected chi connectivity index (χ3v) is 3.01. The van der Waals surface area contributed by atoms with Gasteiger partial charge in [-0.15, -0.1) is 0 Å². The molecule has 0 fully saturated rings. The van der Waals surface area contributed by atoms with Crippen LogP contribution in [0.5, 0.6) is 0 Å². The van der Waals surface area contributed by atoms with Crippen LogP contribution in [0.25, 0.3) is 0 Å². The Balaban J connectivity index is 2.68. The Bertz CT molecular complexity index is 395. The molecule has 0 aliphatic heterocycles. The molecule has 2 atom stereocenters. The van der Waals surface area contributed by atoms with Gasteiger partial charge in [0, 0.05) is 4.90 Å². The number of benzene rings is 1. The number of carboxylic acids is 1. The molecule has 0 saturated heterocycles. The van der Waals surface area contributed by atoms with Crippen molar-refractivity contribution < 1.29 is 14.7 Å². The average molecular weight is 254 g/mol. The second kappa shape index (κ2) is 6.27. The van der Waals surface area contributed by atoms with E-state index in [1.165, 1.54) is 6.92 Å². The minimum absolute atomic E-state index is 0.485. The monoisotopic (exact) mass is 254 g/mol. The van der Waals surface area contributed by atoms with Crippen LogP contribution in [0, 0.1) is 0 Å². The maximum absolute atomic E-state index is 11.3. The molecule has 0 aliphatic carbocycles. The Kier molecular flexibility index (Phi) is 4.99. The molecule has 1 rings (SSSR count). The molecule has 0 aliphatic rings. The number of hydrogen-bond donors (Lipinski definition) is 3. The Labute approximate surface area is 103 Å². The van der Waals surface area contributed by atoms with Crippen LogP contribution in [-0.2, 0) is 9.59 Å². The van der Waals surface area contributed by atoms with Crippen LogP contribution in [0.2, 0.25) is 0 Å². The lowest BCUT2D eigenvalue weighted by molar-refractivity contribution is -0.139. The third kappa shape index (κ3) is 4.46. The normalized spacial score (nSPS) is 13.8. The van der Waals surface area contributed by atoms with Crippen molar-refractivity contribution in [3.05, 3.63) is 30.3 Å². The number of hydrogen-bond acceptors (Lipinski definition) is 4. The van der Waals surface area contributed by atoms with E-state index in [0.717, 1.165) is 16.7 Å². The van der Waals surface area contributed by atoms with Gasteiger partial charge in [0.15, 0.2) is 5.37 Å². The summed E-state index contributed by atoms with van der Waals surface area (Å²) in [5.74, 6) is -1.59. The average Bonchev–Trinajstić information content (AvgIpc) is 2.29. The van der Waals surface area contributed by atoms with Gasteiger partial charge < -0.3 is 16.2 Å². The number of nitrogens with one attached hydrogen (secondary N) is 1. The summed E-state index contributed by atoms with van der Waals surface area (Å²) in [6, 6.07) is 8.26. The van der Waals surface area contributed by atoms with E-state index < -0.39 is 23.3 Å². The predicted molar refractivity (Wildman–Crippen MR) is 65.5 cm³/mol. The minimum atomic E-state index is -1.10. The molecule has 5 nitrogen and oxygen atoms in total. The molecule has 0 saturated carbocycles. The first-order valence-corrected chi connectivity index (χ1v) is 5.89. The zero-order valence-electron chi connectivity index (χ0n) is 9.29. The van der Waals surface area contributed by atoms with Gasteiger partial charge in [0.1, 0.15) is 0 Å². The number of carbonyl (C=O) groups excluding carboxylic acids is 1.